The molecule has 0 aliphatic heterocycles. The average Bonchev–Trinajstić information content (AvgIpc) is 2.25. The van der Waals surface area contributed by atoms with Crippen LogP contribution in [0.2, 0.25) is 0 Å². The summed E-state index contributed by atoms with van der Waals surface area (Å²) < 4.78 is 0. The highest BCUT2D eigenvalue weighted by Gasteiger charge is 2.18. The quantitative estimate of drug-likeness (QED) is 0.501. The van der Waals surface area contributed by atoms with Gasteiger partial charge in [0.1, 0.15) is 18.0 Å². The molecule has 1 aromatic heterocycles. The van der Waals surface area contributed by atoms with Crippen LogP contribution in [0.4, 0.5) is 11.6 Å². The molecule has 96 valence electrons. The smallest absolute Gasteiger partial charge is 0.145 e. The molecule has 0 aliphatic rings. The standard InChI is InChI=1S/C11H22N6/c1-11(2,7-17(3)4)6-13-9-5-10(16-12)15-8-14-9/h5,8H,6-7,12H2,1-4H3,(H2,13,14,15,16). The van der Waals surface area contributed by atoms with Crippen LogP contribution in [0, 0.1) is 5.41 Å². The average molecular weight is 238 g/mol. The van der Waals surface area contributed by atoms with Gasteiger partial charge in [-0.2, -0.15) is 0 Å². The third-order valence-electron chi connectivity index (χ3n) is 2.31. The first-order valence-corrected chi connectivity index (χ1v) is 5.60. The predicted octanol–water partition coefficient (Wildman–Crippen LogP) is 0.762. The molecule has 1 aromatic rings. The van der Waals surface area contributed by atoms with Crippen LogP contribution < -0.4 is 16.6 Å². The molecule has 1 rings (SSSR count). The van der Waals surface area contributed by atoms with Gasteiger partial charge in [0.15, 0.2) is 0 Å². The highest BCUT2D eigenvalue weighted by atomic mass is 15.3. The molecule has 0 saturated heterocycles. The van der Waals surface area contributed by atoms with E-state index >= 15 is 0 Å². The normalized spacial score (nSPS) is 11.6. The summed E-state index contributed by atoms with van der Waals surface area (Å²) in [4.78, 5) is 10.3. The molecule has 0 atom stereocenters. The molecule has 0 bridgehead atoms. The van der Waals surface area contributed by atoms with E-state index < -0.39 is 0 Å². The summed E-state index contributed by atoms with van der Waals surface area (Å²) in [6, 6.07) is 1.78. The topological polar surface area (TPSA) is 79.1 Å². The van der Waals surface area contributed by atoms with E-state index in [0.717, 1.165) is 18.9 Å². The van der Waals surface area contributed by atoms with Crippen molar-refractivity contribution in [1.82, 2.24) is 14.9 Å². The van der Waals surface area contributed by atoms with Crippen molar-refractivity contribution in [1.29, 1.82) is 0 Å². The van der Waals surface area contributed by atoms with Gasteiger partial charge in [-0.25, -0.2) is 15.8 Å². The van der Waals surface area contributed by atoms with Crippen LogP contribution in [0.1, 0.15) is 13.8 Å². The predicted molar refractivity (Wildman–Crippen MR) is 70.7 cm³/mol. The maximum atomic E-state index is 5.29. The Labute approximate surface area is 103 Å². The molecule has 17 heavy (non-hydrogen) atoms. The van der Waals surface area contributed by atoms with Crippen LogP contribution in [-0.4, -0.2) is 42.1 Å². The van der Waals surface area contributed by atoms with Gasteiger partial charge < -0.3 is 15.6 Å². The Hall–Kier alpha value is -1.40. The van der Waals surface area contributed by atoms with Gasteiger partial charge in [-0.05, 0) is 19.5 Å². The third kappa shape index (κ3) is 4.97. The van der Waals surface area contributed by atoms with Gasteiger partial charge in [0.05, 0.1) is 0 Å². The first-order chi connectivity index (χ1) is 7.93. The number of nitrogens with zero attached hydrogens (tertiary/aromatic N) is 3. The van der Waals surface area contributed by atoms with Gasteiger partial charge >= 0.3 is 0 Å². The van der Waals surface area contributed by atoms with E-state index in [1.165, 1.54) is 6.33 Å². The Morgan fingerprint density at radius 2 is 1.94 bits per heavy atom. The lowest BCUT2D eigenvalue weighted by Crippen LogP contribution is -2.34. The number of anilines is 2. The molecule has 0 unspecified atom stereocenters. The van der Waals surface area contributed by atoms with Crippen LogP contribution in [0.25, 0.3) is 0 Å². The second-order valence-corrected chi connectivity index (χ2v) is 5.19. The number of aromatic nitrogens is 2. The van der Waals surface area contributed by atoms with Crippen LogP contribution in [0.3, 0.4) is 0 Å². The number of hydrogen-bond acceptors (Lipinski definition) is 6. The Balaban J connectivity index is 2.54. The van der Waals surface area contributed by atoms with E-state index in [2.05, 4.69) is 53.6 Å². The van der Waals surface area contributed by atoms with Crippen LogP contribution >= 0.6 is 0 Å². The number of nitrogens with two attached hydrogens (primary N) is 1. The van der Waals surface area contributed by atoms with Gasteiger partial charge in [-0.1, -0.05) is 13.8 Å². The lowest BCUT2D eigenvalue weighted by Gasteiger charge is -2.28. The minimum absolute atomic E-state index is 0.171. The SMILES string of the molecule is CN(C)CC(C)(C)CNc1cc(NN)ncn1. The number of nitrogen functional groups attached to an aromatic ring is 1. The van der Waals surface area contributed by atoms with Crippen LogP contribution in [0.5, 0.6) is 0 Å². The first kappa shape index (κ1) is 13.7. The summed E-state index contributed by atoms with van der Waals surface area (Å²) in [5.74, 6) is 6.67. The minimum atomic E-state index is 0.171. The molecule has 0 saturated carbocycles. The van der Waals surface area contributed by atoms with Crippen molar-refractivity contribution in [2.45, 2.75) is 13.8 Å². The Bertz CT molecular complexity index is 350. The summed E-state index contributed by atoms with van der Waals surface area (Å²) in [6.07, 6.45) is 1.48. The van der Waals surface area contributed by atoms with E-state index in [0.29, 0.717) is 5.82 Å². The number of hydrazine groups is 1. The van der Waals surface area contributed by atoms with Gasteiger partial charge in [0.2, 0.25) is 0 Å². The molecule has 0 fully saturated rings. The highest BCUT2D eigenvalue weighted by molar-refractivity contribution is 5.45. The highest BCUT2D eigenvalue weighted by Crippen LogP contribution is 2.17. The first-order valence-electron chi connectivity index (χ1n) is 5.60. The largest absolute Gasteiger partial charge is 0.369 e. The maximum absolute atomic E-state index is 5.29. The summed E-state index contributed by atoms with van der Waals surface area (Å²) in [5, 5.41) is 3.29. The molecule has 4 N–H and O–H groups in total. The lowest BCUT2D eigenvalue weighted by molar-refractivity contribution is 0.254. The van der Waals surface area contributed by atoms with Crippen molar-refractivity contribution < 1.29 is 0 Å². The van der Waals surface area contributed by atoms with Gasteiger partial charge in [0.25, 0.3) is 0 Å². The molecule has 0 aromatic carbocycles. The van der Waals surface area contributed by atoms with E-state index in [4.69, 9.17) is 5.84 Å². The van der Waals surface area contributed by atoms with Crippen molar-refractivity contribution in [3.8, 4) is 0 Å². The zero-order chi connectivity index (χ0) is 12.9. The van der Waals surface area contributed by atoms with Crippen molar-refractivity contribution >= 4 is 11.6 Å². The fraction of sp³-hybridized carbons (Fsp3) is 0.636. The van der Waals surface area contributed by atoms with Crippen LogP contribution in [-0.2, 0) is 0 Å². The zero-order valence-corrected chi connectivity index (χ0v) is 11.0. The molecule has 0 radical (unpaired) electrons. The summed E-state index contributed by atoms with van der Waals surface area (Å²) >= 11 is 0. The zero-order valence-electron chi connectivity index (χ0n) is 11.0. The van der Waals surface area contributed by atoms with Crippen molar-refractivity contribution in [2.24, 2.45) is 11.3 Å². The second-order valence-electron chi connectivity index (χ2n) is 5.19. The van der Waals surface area contributed by atoms with Gasteiger partial charge in [0, 0.05) is 19.2 Å². The van der Waals surface area contributed by atoms with Crippen molar-refractivity contribution in [3.05, 3.63) is 12.4 Å². The molecule has 0 amide bonds. The summed E-state index contributed by atoms with van der Waals surface area (Å²) in [5.41, 5.74) is 2.67. The Morgan fingerprint density at radius 3 is 2.53 bits per heavy atom. The lowest BCUT2D eigenvalue weighted by atomic mass is 9.93. The van der Waals surface area contributed by atoms with Crippen molar-refractivity contribution in [3.63, 3.8) is 0 Å². The molecule has 6 nitrogen and oxygen atoms in total. The van der Waals surface area contributed by atoms with Gasteiger partial charge in [-0.3, -0.25) is 0 Å². The second kappa shape index (κ2) is 5.79. The van der Waals surface area contributed by atoms with E-state index in [9.17, 15) is 0 Å². The Kier molecular flexibility index (Phi) is 4.65. The fourth-order valence-corrected chi connectivity index (χ4v) is 1.77. The van der Waals surface area contributed by atoms with E-state index in [1.807, 2.05) is 0 Å². The molecular weight excluding hydrogens is 216 g/mol. The molecule has 0 aliphatic carbocycles. The number of hydrogen-bond donors (Lipinski definition) is 3. The molecule has 1 heterocycles. The van der Waals surface area contributed by atoms with Crippen LogP contribution in [0.15, 0.2) is 12.4 Å². The third-order valence-corrected chi connectivity index (χ3v) is 2.31. The Morgan fingerprint density at radius 1 is 1.29 bits per heavy atom. The summed E-state index contributed by atoms with van der Waals surface area (Å²) in [7, 11) is 4.14. The monoisotopic (exact) mass is 238 g/mol. The van der Waals surface area contributed by atoms with Crippen molar-refractivity contribution in [2.75, 3.05) is 37.9 Å². The molecular formula is C11H22N6. The van der Waals surface area contributed by atoms with Gasteiger partial charge in [-0.15, -0.1) is 0 Å². The summed E-state index contributed by atoms with van der Waals surface area (Å²) in [6.45, 7) is 6.27. The number of rotatable bonds is 6. The fourth-order valence-electron chi connectivity index (χ4n) is 1.77. The number of nitrogens with one attached hydrogen (secondary N) is 2. The molecule has 6 heteroatoms. The molecule has 0 spiro atoms. The van der Waals surface area contributed by atoms with E-state index in [-0.39, 0.29) is 5.41 Å². The van der Waals surface area contributed by atoms with E-state index in [1.54, 1.807) is 6.07 Å². The minimum Gasteiger partial charge on any atom is -0.369 e. The maximum Gasteiger partial charge on any atom is 0.145 e.